The Kier molecular flexibility index (Phi) is 6.15. The molecule has 0 aliphatic heterocycles. The molecule has 0 aliphatic carbocycles. The number of nitro groups is 1. The van der Waals surface area contributed by atoms with Gasteiger partial charge in [-0.25, -0.2) is 0 Å². The van der Waals surface area contributed by atoms with Crippen LogP contribution < -0.4 is 10.1 Å². The maximum Gasteiger partial charge on any atom is 0.279 e. The van der Waals surface area contributed by atoms with Crippen LogP contribution in [-0.4, -0.2) is 35.0 Å². The Bertz CT molecular complexity index is 1160. The summed E-state index contributed by atoms with van der Waals surface area (Å²) in [5, 5.41) is 13.7. The predicted octanol–water partition coefficient (Wildman–Crippen LogP) is 2.96. The molecule has 0 bridgehead atoms. The molecule has 2 amide bonds. The van der Waals surface area contributed by atoms with Gasteiger partial charge in [0.2, 0.25) is 5.91 Å². The minimum absolute atomic E-state index is 0.133. The van der Waals surface area contributed by atoms with E-state index in [-0.39, 0.29) is 17.2 Å². The van der Waals surface area contributed by atoms with Gasteiger partial charge in [0.25, 0.3) is 11.6 Å². The first-order valence-electron chi connectivity index (χ1n) is 8.62. The van der Waals surface area contributed by atoms with Crippen LogP contribution in [0.3, 0.4) is 0 Å². The first kappa shape index (κ1) is 20.4. The van der Waals surface area contributed by atoms with Gasteiger partial charge in [0.15, 0.2) is 4.80 Å². The Hall–Kier alpha value is -3.37. The summed E-state index contributed by atoms with van der Waals surface area (Å²) in [7, 11) is 1.58. The highest BCUT2D eigenvalue weighted by Crippen LogP contribution is 2.22. The van der Waals surface area contributed by atoms with Crippen molar-refractivity contribution < 1.29 is 19.2 Å². The number of anilines is 1. The molecule has 0 aliphatic rings. The second kappa shape index (κ2) is 8.76. The zero-order chi connectivity index (χ0) is 21.0. The van der Waals surface area contributed by atoms with E-state index in [0.29, 0.717) is 23.6 Å². The summed E-state index contributed by atoms with van der Waals surface area (Å²) in [4.78, 5) is 38.9. The highest BCUT2D eigenvalue weighted by atomic mass is 32.1. The van der Waals surface area contributed by atoms with Crippen molar-refractivity contribution in [3.05, 3.63) is 62.9 Å². The molecule has 1 heterocycles. The lowest BCUT2D eigenvalue weighted by Gasteiger charge is -2.05. The van der Waals surface area contributed by atoms with Crippen LogP contribution in [0, 0.1) is 10.1 Å². The quantitative estimate of drug-likeness (QED) is 0.492. The molecule has 1 aromatic heterocycles. The molecule has 0 spiro atoms. The van der Waals surface area contributed by atoms with E-state index in [4.69, 9.17) is 4.74 Å². The third kappa shape index (κ3) is 4.73. The molecule has 0 fully saturated rings. The smallest absolute Gasteiger partial charge is 0.279 e. The highest BCUT2D eigenvalue weighted by Gasteiger charge is 2.13. The fourth-order valence-corrected chi connectivity index (χ4v) is 3.84. The van der Waals surface area contributed by atoms with E-state index in [9.17, 15) is 19.7 Å². The molecule has 0 atom stereocenters. The minimum Gasteiger partial charge on any atom is -0.383 e. The van der Waals surface area contributed by atoms with Crippen molar-refractivity contribution in [1.29, 1.82) is 0 Å². The normalized spacial score (nSPS) is 11.6. The number of aromatic nitrogens is 1. The number of carbonyl (C=O) groups is 2. The van der Waals surface area contributed by atoms with Crippen molar-refractivity contribution in [2.24, 2.45) is 4.99 Å². The van der Waals surface area contributed by atoms with Crippen LogP contribution in [0.2, 0.25) is 0 Å². The number of fused-ring (bicyclic) bond motifs is 1. The summed E-state index contributed by atoms with van der Waals surface area (Å²) in [6.07, 6.45) is 0. The number of hydrogen-bond acceptors (Lipinski definition) is 6. The van der Waals surface area contributed by atoms with Crippen LogP contribution in [-0.2, 0) is 16.1 Å². The summed E-state index contributed by atoms with van der Waals surface area (Å²) >= 11 is 1.28. The average Bonchev–Trinajstić information content (AvgIpc) is 3.02. The lowest BCUT2D eigenvalue weighted by Crippen LogP contribution is -2.19. The van der Waals surface area contributed by atoms with Crippen LogP contribution in [0.5, 0.6) is 0 Å². The van der Waals surface area contributed by atoms with E-state index in [0.717, 1.165) is 10.2 Å². The molecule has 0 radical (unpaired) electrons. The van der Waals surface area contributed by atoms with Gasteiger partial charge < -0.3 is 14.6 Å². The second-order valence-electron chi connectivity index (χ2n) is 6.12. The van der Waals surface area contributed by atoms with Gasteiger partial charge in [-0.05, 0) is 24.3 Å². The molecule has 0 unspecified atom stereocenters. The number of rotatable bonds is 6. The largest absolute Gasteiger partial charge is 0.383 e. The molecule has 29 heavy (non-hydrogen) atoms. The fourth-order valence-electron chi connectivity index (χ4n) is 2.74. The number of hydrogen-bond donors (Lipinski definition) is 1. The third-order valence-corrected chi connectivity index (χ3v) is 5.06. The fraction of sp³-hybridized carbons (Fsp3) is 0.211. The van der Waals surface area contributed by atoms with Crippen molar-refractivity contribution in [1.82, 2.24) is 4.57 Å². The minimum atomic E-state index is -0.575. The van der Waals surface area contributed by atoms with E-state index < -0.39 is 10.8 Å². The predicted molar refractivity (Wildman–Crippen MR) is 109 cm³/mol. The van der Waals surface area contributed by atoms with Gasteiger partial charge in [0.1, 0.15) is 0 Å². The second-order valence-corrected chi connectivity index (χ2v) is 7.13. The maximum atomic E-state index is 12.6. The molecule has 150 valence electrons. The molecule has 2 aromatic carbocycles. The van der Waals surface area contributed by atoms with Crippen LogP contribution >= 0.6 is 11.3 Å². The molecule has 9 nitrogen and oxygen atoms in total. The summed E-state index contributed by atoms with van der Waals surface area (Å²) in [5.41, 5.74) is 1.44. The van der Waals surface area contributed by atoms with Gasteiger partial charge in [-0.1, -0.05) is 17.4 Å². The number of amides is 2. The number of benzene rings is 2. The van der Waals surface area contributed by atoms with Gasteiger partial charge >= 0.3 is 0 Å². The number of carbonyl (C=O) groups excluding carboxylic acids is 2. The molecule has 3 rings (SSSR count). The molecule has 1 N–H and O–H groups in total. The molecular formula is C19H18N4O5S. The number of ether oxygens (including phenoxy) is 1. The number of nitro benzene ring substituents is 1. The monoisotopic (exact) mass is 414 g/mol. The van der Waals surface area contributed by atoms with Crippen LogP contribution in [0.25, 0.3) is 10.2 Å². The van der Waals surface area contributed by atoms with Crippen LogP contribution in [0.15, 0.2) is 47.5 Å². The summed E-state index contributed by atoms with van der Waals surface area (Å²) in [6.45, 7) is 2.31. The molecule has 10 heteroatoms. The Morgan fingerprint density at radius 1 is 1.28 bits per heavy atom. The van der Waals surface area contributed by atoms with E-state index in [1.807, 2.05) is 16.7 Å². The molecule has 3 aromatic rings. The van der Waals surface area contributed by atoms with Crippen molar-refractivity contribution in [3.8, 4) is 0 Å². The average molecular weight is 414 g/mol. The van der Waals surface area contributed by atoms with Crippen molar-refractivity contribution in [2.75, 3.05) is 19.0 Å². The standard InChI is InChI=1S/C19H18N4O5S/c1-12(24)20-14-6-7-16-17(11-14)29-19(22(16)8-9-28-2)21-18(25)13-4-3-5-15(10-13)23(26)27/h3-7,10-11H,8-9H2,1-2H3,(H,20,24). The summed E-state index contributed by atoms with van der Waals surface area (Å²) in [6, 6.07) is 10.9. The highest BCUT2D eigenvalue weighted by molar-refractivity contribution is 7.16. The van der Waals surface area contributed by atoms with Crippen LogP contribution in [0.4, 0.5) is 11.4 Å². The van der Waals surface area contributed by atoms with E-state index in [1.54, 1.807) is 13.2 Å². The maximum absolute atomic E-state index is 12.6. The van der Waals surface area contributed by atoms with Gasteiger partial charge in [-0.15, -0.1) is 0 Å². The van der Waals surface area contributed by atoms with Gasteiger partial charge in [-0.2, -0.15) is 4.99 Å². The lowest BCUT2D eigenvalue weighted by atomic mass is 10.2. The first-order valence-corrected chi connectivity index (χ1v) is 9.44. The van der Waals surface area contributed by atoms with Crippen molar-refractivity contribution in [3.63, 3.8) is 0 Å². The number of methoxy groups -OCH3 is 1. The Morgan fingerprint density at radius 3 is 2.76 bits per heavy atom. The molecule has 0 saturated heterocycles. The number of non-ortho nitro benzene ring substituents is 1. The zero-order valence-electron chi connectivity index (χ0n) is 15.7. The van der Waals surface area contributed by atoms with Crippen molar-refractivity contribution in [2.45, 2.75) is 13.5 Å². The lowest BCUT2D eigenvalue weighted by molar-refractivity contribution is -0.384. The Labute approximate surface area is 169 Å². The topological polar surface area (TPSA) is 116 Å². The number of nitrogens with zero attached hydrogens (tertiary/aromatic N) is 3. The Balaban J connectivity index is 2.08. The summed E-state index contributed by atoms with van der Waals surface area (Å²) in [5.74, 6) is -0.757. The Morgan fingerprint density at radius 2 is 2.07 bits per heavy atom. The van der Waals surface area contributed by atoms with E-state index in [1.165, 1.54) is 42.5 Å². The molecular weight excluding hydrogens is 396 g/mol. The SMILES string of the molecule is COCCn1c(=NC(=O)c2cccc([N+](=O)[O-])c2)sc2cc(NC(C)=O)ccc21. The van der Waals surface area contributed by atoms with Gasteiger partial charge in [0.05, 0.1) is 21.7 Å². The van der Waals surface area contributed by atoms with Crippen LogP contribution in [0.1, 0.15) is 17.3 Å². The third-order valence-electron chi connectivity index (χ3n) is 4.02. The molecule has 0 saturated carbocycles. The zero-order valence-corrected chi connectivity index (χ0v) is 16.6. The van der Waals surface area contributed by atoms with Gasteiger partial charge in [-0.3, -0.25) is 19.7 Å². The number of thiazole rings is 1. The van der Waals surface area contributed by atoms with Crippen molar-refractivity contribution >= 4 is 44.7 Å². The van der Waals surface area contributed by atoms with Gasteiger partial charge in [0, 0.05) is 44.0 Å². The van der Waals surface area contributed by atoms with E-state index in [2.05, 4.69) is 10.3 Å². The first-order chi connectivity index (χ1) is 13.9. The summed E-state index contributed by atoms with van der Waals surface area (Å²) < 4.78 is 7.83. The van der Waals surface area contributed by atoms with E-state index >= 15 is 0 Å². The number of nitrogens with one attached hydrogen (secondary N) is 1.